The molecule has 3 nitrogen and oxygen atoms in total. The van der Waals surface area contributed by atoms with Gasteiger partial charge in [-0.05, 0) is 29.8 Å². The van der Waals surface area contributed by atoms with E-state index in [1.54, 1.807) is 30.3 Å². The van der Waals surface area contributed by atoms with Gasteiger partial charge >= 0.3 is 0 Å². The average Bonchev–Trinajstić information content (AvgIpc) is 2.44. The van der Waals surface area contributed by atoms with Crippen LogP contribution in [-0.2, 0) is 11.2 Å². The molecule has 0 aliphatic heterocycles. The molecule has 2 rings (SSSR count). The maximum Gasteiger partial charge on any atom is 0.228 e. The molecule has 0 unspecified atom stereocenters. The number of nitriles is 1. The van der Waals surface area contributed by atoms with Gasteiger partial charge in [-0.1, -0.05) is 41.4 Å². The highest BCUT2D eigenvalue weighted by Gasteiger charge is 2.09. The molecule has 5 heteroatoms. The third kappa shape index (κ3) is 3.51. The molecular weight excluding hydrogens is 295 g/mol. The van der Waals surface area contributed by atoms with E-state index in [9.17, 15) is 4.79 Å². The first-order chi connectivity index (χ1) is 9.60. The highest BCUT2D eigenvalue weighted by atomic mass is 35.5. The van der Waals surface area contributed by atoms with Crippen LogP contribution in [0.15, 0.2) is 42.5 Å². The smallest absolute Gasteiger partial charge is 0.228 e. The van der Waals surface area contributed by atoms with Crippen molar-refractivity contribution in [3.05, 3.63) is 63.6 Å². The largest absolute Gasteiger partial charge is 0.324 e. The van der Waals surface area contributed by atoms with Crippen LogP contribution < -0.4 is 5.32 Å². The van der Waals surface area contributed by atoms with Crippen LogP contribution in [-0.4, -0.2) is 5.91 Å². The topological polar surface area (TPSA) is 52.9 Å². The van der Waals surface area contributed by atoms with Crippen LogP contribution in [0.5, 0.6) is 0 Å². The standard InChI is InChI=1S/C15H10Cl2N2O/c16-12-4-2-1-3-11(12)8-15(20)19-14-7-10(9-18)5-6-13(14)17/h1-7H,8H2,(H,19,20). The Morgan fingerprint density at radius 1 is 1.15 bits per heavy atom. The predicted octanol–water partition coefficient (Wildman–Crippen LogP) is 4.05. The number of rotatable bonds is 3. The van der Waals surface area contributed by atoms with Gasteiger partial charge in [0.05, 0.1) is 28.8 Å². The summed E-state index contributed by atoms with van der Waals surface area (Å²) < 4.78 is 0. The van der Waals surface area contributed by atoms with Gasteiger partial charge in [-0.3, -0.25) is 4.79 Å². The highest BCUT2D eigenvalue weighted by Crippen LogP contribution is 2.23. The molecule has 0 saturated carbocycles. The van der Waals surface area contributed by atoms with Crippen molar-refractivity contribution in [2.24, 2.45) is 0 Å². The number of hydrogen-bond donors (Lipinski definition) is 1. The fourth-order valence-electron chi connectivity index (χ4n) is 1.70. The summed E-state index contributed by atoms with van der Waals surface area (Å²) in [5.74, 6) is -0.241. The monoisotopic (exact) mass is 304 g/mol. The summed E-state index contributed by atoms with van der Waals surface area (Å²) >= 11 is 12.0. The second-order valence-corrected chi connectivity index (χ2v) is 4.94. The number of anilines is 1. The van der Waals surface area contributed by atoms with Crippen LogP contribution in [0.1, 0.15) is 11.1 Å². The minimum absolute atomic E-state index is 0.146. The van der Waals surface area contributed by atoms with E-state index in [0.29, 0.717) is 21.3 Å². The number of amides is 1. The van der Waals surface area contributed by atoms with Crippen LogP contribution >= 0.6 is 23.2 Å². The minimum atomic E-state index is -0.241. The fourth-order valence-corrected chi connectivity index (χ4v) is 2.07. The van der Waals surface area contributed by atoms with Gasteiger partial charge in [0, 0.05) is 5.02 Å². The zero-order chi connectivity index (χ0) is 14.5. The van der Waals surface area contributed by atoms with Crippen molar-refractivity contribution in [2.45, 2.75) is 6.42 Å². The SMILES string of the molecule is N#Cc1ccc(Cl)c(NC(=O)Cc2ccccc2Cl)c1. The van der Waals surface area contributed by atoms with Gasteiger partial charge in [-0.2, -0.15) is 5.26 Å². The van der Waals surface area contributed by atoms with Gasteiger partial charge in [0.2, 0.25) is 5.91 Å². The number of hydrogen-bond acceptors (Lipinski definition) is 2. The van der Waals surface area contributed by atoms with E-state index >= 15 is 0 Å². The van der Waals surface area contributed by atoms with E-state index in [2.05, 4.69) is 5.32 Å². The molecule has 2 aromatic carbocycles. The van der Waals surface area contributed by atoms with Crippen molar-refractivity contribution in [3.8, 4) is 6.07 Å². The van der Waals surface area contributed by atoms with Gasteiger partial charge in [0.1, 0.15) is 0 Å². The van der Waals surface area contributed by atoms with Gasteiger partial charge in [-0.25, -0.2) is 0 Å². The van der Waals surface area contributed by atoms with Crippen LogP contribution in [0.25, 0.3) is 0 Å². The number of halogens is 2. The number of nitrogens with zero attached hydrogens (tertiary/aromatic N) is 1. The molecule has 0 saturated heterocycles. The Hall–Kier alpha value is -2.02. The van der Waals surface area contributed by atoms with Crippen molar-refractivity contribution >= 4 is 34.8 Å². The second kappa shape index (κ2) is 6.42. The molecular formula is C15H10Cl2N2O. The van der Waals surface area contributed by atoms with Crippen molar-refractivity contribution in [1.29, 1.82) is 5.26 Å². The first kappa shape index (κ1) is 14.4. The Morgan fingerprint density at radius 2 is 1.90 bits per heavy atom. The van der Waals surface area contributed by atoms with Gasteiger partial charge in [0.15, 0.2) is 0 Å². The van der Waals surface area contributed by atoms with E-state index in [4.69, 9.17) is 28.5 Å². The van der Waals surface area contributed by atoms with E-state index in [-0.39, 0.29) is 12.3 Å². The number of benzene rings is 2. The Balaban J connectivity index is 2.13. The molecule has 0 fully saturated rings. The molecule has 100 valence electrons. The molecule has 1 N–H and O–H groups in total. The first-order valence-electron chi connectivity index (χ1n) is 5.83. The van der Waals surface area contributed by atoms with E-state index in [0.717, 1.165) is 5.56 Å². The fraction of sp³-hybridized carbons (Fsp3) is 0.0667. The Kier molecular flexibility index (Phi) is 4.62. The Bertz CT molecular complexity index is 693. The molecule has 0 atom stereocenters. The lowest BCUT2D eigenvalue weighted by molar-refractivity contribution is -0.115. The molecule has 20 heavy (non-hydrogen) atoms. The maximum absolute atomic E-state index is 12.0. The summed E-state index contributed by atoms with van der Waals surface area (Å²) in [5.41, 5.74) is 1.59. The summed E-state index contributed by atoms with van der Waals surface area (Å²) in [4.78, 5) is 12.0. The van der Waals surface area contributed by atoms with Crippen molar-refractivity contribution < 1.29 is 4.79 Å². The zero-order valence-corrected chi connectivity index (χ0v) is 11.9. The normalized spacial score (nSPS) is 9.85. The Labute approximate surface area is 126 Å². The van der Waals surface area contributed by atoms with Crippen molar-refractivity contribution in [1.82, 2.24) is 0 Å². The van der Waals surface area contributed by atoms with Gasteiger partial charge in [-0.15, -0.1) is 0 Å². The van der Waals surface area contributed by atoms with Crippen molar-refractivity contribution in [3.63, 3.8) is 0 Å². The summed E-state index contributed by atoms with van der Waals surface area (Å²) in [5, 5.41) is 12.4. The lowest BCUT2D eigenvalue weighted by atomic mass is 10.1. The molecule has 0 radical (unpaired) electrons. The summed E-state index contributed by atoms with van der Waals surface area (Å²) in [7, 11) is 0. The molecule has 1 amide bonds. The summed E-state index contributed by atoms with van der Waals surface area (Å²) in [6.45, 7) is 0. The molecule has 2 aromatic rings. The van der Waals surface area contributed by atoms with E-state index in [1.165, 1.54) is 6.07 Å². The molecule has 0 bridgehead atoms. The molecule has 0 heterocycles. The third-order valence-electron chi connectivity index (χ3n) is 2.68. The third-order valence-corrected chi connectivity index (χ3v) is 3.38. The first-order valence-corrected chi connectivity index (χ1v) is 6.58. The Morgan fingerprint density at radius 3 is 2.60 bits per heavy atom. The minimum Gasteiger partial charge on any atom is -0.324 e. The summed E-state index contributed by atoms with van der Waals surface area (Å²) in [6.07, 6.45) is 0.146. The van der Waals surface area contributed by atoms with Crippen LogP contribution in [0.2, 0.25) is 10.0 Å². The number of carbonyl (C=O) groups is 1. The van der Waals surface area contributed by atoms with Crippen LogP contribution in [0.3, 0.4) is 0 Å². The van der Waals surface area contributed by atoms with E-state index < -0.39 is 0 Å². The molecule has 0 aliphatic carbocycles. The second-order valence-electron chi connectivity index (χ2n) is 4.12. The van der Waals surface area contributed by atoms with Gasteiger partial charge in [0.25, 0.3) is 0 Å². The zero-order valence-electron chi connectivity index (χ0n) is 10.4. The van der Waals surface area contributed by atoms with Gasteiger partial charge < -0.3 is 5.32 Å². The molecule has 0 aliphatic rings. The predicted molar refractivity (Wildman–Crippen MR) is 80.0 cm³/mol. The quantitative estimate of drug-likeness (QED) is 0.930. The number of nitrogens with one attached hydrogen (secondary N) is 1. The van der Waals surface area contributed by atoms with E-state index in [1.807, 2.05) is 12.1 Å². The number of carbonyl (C=O) groups excluding carboxylic acids is 1. The van der Waals surface area contributed by atoms with Crippen molar-refractivity contribution in [2.75, 3.05) is 5.32 Å². The van der Waals surface area contributed by atoms with Crippen LogP contribution in [0, 0.1) is 11.3 Å². The highest BCUT2D eigenvalue weighted by molar-refractivity contribution is 6.34. The average molecular weight is 305 g/mol. The lowest BCUT2D eigenvalue weighted by Gasteiger charge is -2.08. The maximum atomic E-state index is 12.0. The molecule has 0 aromatic heterocycles. The lowest BCUT2D eigenvalue weighted by Crippen LogP contribution is -2.15. The molecule has 0 spiro atoms. The van der Waals surface area contributed by atoms with Crippen LogP contribution in [0.4, 0.5) is 5.69 Å². The summed E-state index contributed by atoms with van der Waals surface area (Å²) in [6, 6.07) is 13.8.